The number of hydrogen-bond acceptors (Lipinski definition) is 3. The summed E-state index contributed by atoms with van der Waals surface area (Å²) in [5, 5.41) is 2.84. The van der Waals surface area contributed by atoms with Crippen LogP contribution in [0.5, 0.6) is 0 Å². The van der Waals surface area contributed by atoms with Crippen molar-refractivity contribution in [2.45, 2.75) is 27.7 Å². The number of anilines is 1. The lowest BCUT2D eigenvalue weighted by atomic mass is 10.1. The van der Waals surface area contributed by atoms with Crippen LogP contribution in [0.4, 0.5) is 5.69 Å². The molecule has 0 bridgehead atoms. The zero-order chi connectivity index (χ0) is 18.4. The number of pyridine rings is 1. The Morgan fingerprint density at radius 3 is 2.52 bits per heavy atom. The van der Waals surface area contributed by atoms with Gasteiger partial charge < -0.3 is 10.2 Å². The van der Waals surface area contributed by atoms with Gasteiger partial charge in [-0.3, -0.25) is 14.6 Å². The molecule has 1 aromatic heterocycles. The monoisotopic (exact) mass is 339 g/mol. The molecule has 0 aliphatic heterocycles. The highest BCUT2D eigenvalue weighted by Gasteiger charge is 2.18. The Kier molecular flexibility index (Phi) is 6.28. The summed E-state index contributed by atoms with van der Waals surface area (Å²) in [7, 11) is 0. The Morgan fingerprint density at radius 1 is 1.16 bits per heavy atom. The number of aromatic nitrogens is 1. The minimum atomic E-state index is -0.213. The first-order chi connectivity index (χ1) is 11.9. The van der Waals surface area contributed by atoms with Gasteiger partial charge in [-0.2, -0.15) is 0 Å². The molecule has 2 amide bonds. The maximum absolute atomic E-state index is 12.9. The lowest BCUT2D eigenvalue weighted by Crippen LogP contribution is -2.31. The maximum Gasteiger partial charge on any atom is 0.259 e. The van der Waals surface area contributed by atoms with Crippen LogP contribution in [0.15, 0.2) is 42.7 Å². The summed E-state index contributed by atoms with van der Waals surface area (Å²) in [5.41, 5.74) is 2.72. The van der Waals surface area contributed by atoms with Crippen LogP contribution >= 0.6 is 0 Å². The second-order valence-electron chi connectivity index (χ2n) is 6.45. The van der Waals surface area contributed by atoms with Gasteiger partial charge in [0.15, 0.2) is 0 Å². The van der Waals surface area contributed by atoms with Crippen molar-refractivity contribution in [2.75, 3.05) is 18.0 Å². The SMILES string of the molecule is CCN(C(=O)c1cncc(C(=O)NCC(C)C)c1)c1cccc(C)c1. The molecule has 0 radical (unpaired) electrons. The highest BCUT2D eigenvalue weighted by atomic mass is 16.2. The zero-order valence-electron chi connectivity index (χ0n) is 15.2. The molecule has 1 aromatic carbocycles. The number of amides is 2. The van der Waals surface area contributed by atoms with Gasteiger partial charge in [0, 0.05) is 31.2 Å². The Morgan fingerprint density at radius 2 is 1.88 bits per heavy atom. The van der Waals surface area contributed by atoms with Gasteiger partial charge in [-0.05, 0) is 43.5 Å². The van der Waals surface area contributed by atoms with Crippen LogP contribution in [0.1, 0.15) is 47.1 Å². The Bertz CT molecular complexity index is 756. The largest absolute Gasteiger partial charge is 0.352 e. The van der Waals surface area contributed by atoms with Gasteiger partial charge in [0.25, 0.3) is 11.8 Å². The van der Waals surface area contributed by atoms with Crippen molar-refractivity contribution >= 4 is 17.5 Å². The minimum absolute atomic E-state index is 0.167. The van der Waals surface area contributed by atoms with Gasteiger partial charge in [0.1, 0.15) is 0 Å². The lowest BCUT2D eigenvalue weighted by Gasteiger charge is -2.21. The van der Waals surface area contributed by atoms with E-state index < -0.39 is 0 Å². The fraction of sp³-hybridized carbons (Fsp3) is 0.350. The summed E-state index contributed by atoms with van der Waals surface area (Å²) in [5.74, 6) is -0.0211. The molecular weight excluding hydrogens is 314 g/mol. The average Bonchev–Trinajstić information content (AvgIpc) is 2.60. The number of benzene rings is 1. The third-order valence-corrected chi connectivity index (χ3v) is 3.79. The molecule has 0 fully saturated rings. The number of rotatable bonds is 6. The van der Waals surface area contributed by atoms with Gasteiger partial charge in [0.2, 0.25) is 0 Å². The Balaban J connectivity index is 2.23. The van der Waals surface area contributed by atoms with Gasteiger partial charge in [-0.25, -0.2) is 0 Å². The number of aryl methyl sites for hydroxylation is 1. The third kappa shape index (κ3) is 4.89. The molecule has 5 heteroatoms. The second kappa shape index (κ2) is 8.42. The number of carbonyl (C=O) groups is 2. The standard InChI is InChI=1S/C20H25N3O2/c1-5-23(18-8-6-7-15(4)9-18)20(25)17-10-16(12-21-13-17)19(24)22-11-14(2)3/h6-10,12-14H,5,11H2,1-4H3,(H,22,24). The molecule has 2 aromatic rings. The molecular formula is C20H25N3O2. The zero-order valence-corrected chi connectivity index (χ0v) is 15.2. The molecule has 0 aliphatic rings. The summed E-state index contributed by atoms with van der Waals surface area (Å²) in [6, 6.07) is 9.39. The molecule has 0 unspecified atom stereocenters. The summed E-state index contributed by atoms with van der Waals surface area (Å²) in [6.07, 6.45) is 2.98. The van der Waals surface area contributed by atoms with Gasteiger partial charge in [-0.1, -0.05) is 26.0 Å². The van der Waals surface area contributed by atoms with Crippen molar-refractivity contribution in [3.63, 3.8) is 0 Å². The van der Waals surface area contributed by atoms with Crippen molar-refractivity contribution in [2.24, 2.45) is 5.92 Å². The van der Waals surface area contributed by atoms with Crippen LogP contribution in [0.3, 0.4) is 0 Å². The first-order valence-corrected chi connectivity index (χ1v) is 8.54. The molecule has 0 atom stereocenters. The number of nitrogens with zero attached hydrogens (tertiary/aromatic N) is 2. The molecule has 0 spiro atoms. The van der Waals surface area contributed by atoms with Crippen LogP contribution in [0.25, 0.3) is 0 Å². The van der Waals surface area contributed by atoms with E-state index in [-0.39, 0.29) is 11.8 Å². The second-order valence-corrected chi connectivity index (χ2v) is 6.45. The molecule has 132 valence electrons. The highest BCUT2D eigenvalue weighted by molar-refractivity contribution is 6.07. The first kappa shape index (κ1) is 18.6. The van der Waals surface area contributed by atoms with Crippen molar-refractivity contribution in [1.82, 2.24) is 10.3 Å². The van der Waals surface area contributed by atoms with Gasteiger partial charge in [-0.15, -0.1) is 0 Å². The van der Waals surface area contributed by atoms with E-state index in [4.69, 9.17) is 0 Å². The van der Waals surface area contributed by atoms with E-state index in [1.807, 2.05) is 52.0 Å². The molecule has 1 N–H and O–H groups in total. The lowest BCUT2D eigenvalue weighted by molar-refractivity contribution is 0.0948. The number of carbonyl (C=O) groups excluding carboxylic acids is 2. The molecule has 1 heterocycles. The normalized spacial score (nSPS) is 10.6. The van der Waals surface area contributed by atoms with E-state index >= 15 is 0 Å². The molecule has 5 nitrogen and oxygen atoms in total. The van der Waals surface area contributed by atoms with E-state index in [9.17, 15) is 9.59 Å². The van der Waals surface area contributed by atoms with Crippen LogP contribution in [0.2, 0.25) is 0 Å². The maximum atomic E-state index is 12.9. The van der Waals surface area contributed by atoms with Crippen molar-refractivity contribution in [1.29, 1.82) is 0 Å². The van der Waals surface area contributed by atoms with Gasteiger partial charge in [0.05, 0.1) is 11.1 Å². The molecule has 0 saturated carbocycles. The minimum Gasteiger partial charge on any atom is -0.352 e. The van der Waals surface area contributed by atoms with Crippen LogP contribution < -0.4 is 10.2 Å². The molecule has 0 aliphatic carbocycles. The first-order valence-electron chi connectivity index (χ1n) is 8.54. The highest BCUT2D eigenvalue weighted by Crippen LogP contribution is 2.18. The van der Waals surface area contributed by atoms with Crippen LogP contribution in [0, 0.1) is 12.8 Å². The van der Waals surface area contributed by atoms with Crippen molar-refractivity contribution < 1.29 is 9.59 Å². The van der Waals surface area contributed by atoms with E-state index in [1.54, 1.807) is 11.0 Å². The number of nitrogens with one attached hydrogen (secondary N) is 1. The fourth-order valence-electron chi connectivity index (χ4n) is 2.48. The topological polar surface area (TPSA) is 62.3 Å². The van der Waals surface area contributed by atoms with Crippen molar-refractivity contribution in [3.05, 3.63) is 59.4 Å². The Labute approximate surface area is 149 Å². The molecule has 25 heavy (non-hydrogen) atoms. The molecule has 0 saturated heterocycles. The third-order valence-electron chi connectivity index (χ3n) is 3.79. The molecule has 2 rings (SSSR count). The van der Waals surface area contributed by atoms with E-state index in [0.29, 0.717) is 30.1 Å². The summed E-state index contributed by atoms with van der Waals surface area (Å²) in [6.45, 7) is 9.09. The van der Waals surface area contributed by atoms with Crippen LogP contribution in [-0.2, 0) is 0 Å². The average molecular weight is 339 g/mol. The Hall–Kier alpha value is -2.69. The van der Waals surface area contributed by atoms with E-state index in [1.165, 1.54) is 12.4 Å². The predicted molar refractivity (Wildman–Crippen MR) is 99.9 cm³/mol. The summed E-state index contributed by atoms with van der Waals surface area (Å²) in [4.78, 5) is 30.8. The number of hydrogen-bond donors (Lipinski definition) is 1. The van der Waals surface area contributed by atoms with E-state index in [0.717, 1.165) is 11.3 Å². The summed E-state index contributed by atoms with van der Waals surface area (Å²) < 4.78 is 0. The summed E-state index contributed by atoms with van der Waals surface area (Å²) >= 11 is 0. The van der Waals surface area contributed by atoms with E-state index in [2.05, 4.69) is 10.3 Å². The van der Waals surface area contributed by atoms with Crippen LogP contribution in [-0.4, -0.2) is 29.9 Å². The quantitative estimate of drug-likeness (QED) is 0.877. The smallest absolute Gasteiger partial charge is 0.259 e. The van der Waals surface area contributed by atoms with Gasteiger partial charge >= 0.3 is 0 Å². The van der Waals surface area contributed by atoms with Crippen molar-refractivity contribution in [3.8, 4) is 0 Å². The predicted octanol–water partition coefficient (Wildman–Crippen LogP) is 3.44. The fourth-order valence-corrected chi connectivity index (χ4v) is 2.48.